The summed E-state index contributed by atoms with van der Waals surface area (Å²) in [5.74, 6) is 0. The van der Waals surface area contributed by atoms with Gasteiger partial charge in [0.15, 0.2) is 4.99 Å². The number of rotatable bonds is 8. The van der Waals surface area contributed by atoms with Gasteiger partial charge in [-0.15, -0.1) is 0 Å². The molecule has 2 aromatic carbocycles. The molecule has 0 fully saturated rings. The zero-order valence-electron chi connectivity index (χ0n) is 19.5. The van der Waals surface area contributed by atoms with Crippen molar-refractivity contribution in [2.75, 3.05) is 0 Å². The molecule has 0 aliphatic rings. The first kappa shape index (κ1) is 33.6. The van der Waals surface area contributed by atoms with Gasteiger partial charge in [0.2, 0.25) is 0 Å². The van der Waals surface area contributed by atoms with E-state index in [-0.39, 0.29) is 171 Å². The van der Waals surface area contributed by atoms with Crippen molar-refractivity contribution >= 4 is 17.7 Å². The van der Waals surface area contributed by atoms with E-state index in [9.17, 15) is 13.0 Å². The fourth-order valence-corrected chi connectivity index (χ4v) is 5.07. The van der Waals surface area contributed by atoms with Gasteiger partial charge in [-0.05, 0) is 42.4 Å². The van der Waals surface area contributed by atoms with E-state index in [1.54, 1.807) is 0 Å². The minimum Gasteiger partial charge on any atom is -1.00 e. The molecule has 3 N–H and O–H groups in total. The van der Waals surface area contributed by atoms with Crippen LogP contribution in [0.5, 0.6) is 0 Å². The molecule has 11 heteroatoms. The summed E-state index contributed by atoms with van der Waals surface area (Å²) in [6.07, 6.45) is 1.18. The zero-order valence-corrected chi connectivity index (χ0v) is 27.6. The molecule has 1 atom stereocenters. The van der Waals surface area contributed by atoms with E-state index in [4.69, 9.17) is 14.3 Å². The van der Waals surface area contributed by atoms with Crippen molar-refractivity contribution in [3.63, 3.8) is 0 Å². The molecule has 0 spiro atoms. The SMILES string of the molecule is O=P(O)(O)C(CCCc1cccc(Cc2ccccc2)c1)S(=O)(=O)O.[H-].[H-].[H-].[K+].[K+].[K+]. The monoisotopic (exact) mass is 504 g/mol. The Morgan fingerprint density at radius 1 is 0.893 bits per heavy atom. The summed E-state index contributed by atoms with van der Waals surface area (Å²) < 4.78 is 42.5. The van der Waals surface area contributed by atoms with Crippen LogP contribution in [-0.4, -0.2) is 27.7 Å². The van der Waals surface area contributed by atoms with Crippen molar-refractivity contribution in [1.82, 2.24) is 0 Å². The molecule has 28 heavy (non-hydrogen) atoms. The third-order valence-electron chi connectivity index (χ3n) is 3.88. The smallest absolute Gasteiger partial charge is 1.00 e. The largest absolute Gasteiger partial charge is 1.00 e. The molecule has 6 nitrogen and oxygen atoms in total. The molecule has 0 saturated carbocycles. The van der Waals surface area contributed by atoms with E-state index in [0.717, 1.165) is 17.5 Å². The maximum atomic E-state index is 11.2. The molecular weight excluding hydrogens is 481 g/mol. The second-order valence-electron chi connectivity index (χ2n) is 5.93. The molecule has 0 aliphatic carbocycles. The normalized spacial score (nSPS) is 12.1. The summed E-state index contributed by atoms with van der Waals surface area (Å²) in [6, 6.07) is 17.7. The van der Waals surface area contributed by atoms with E-state index >= 15 is 0 Å². The Kier molecular flexibility index (Phi) is 19.3. The summed E-state index contributed by atoms with van der Waals surface area (Å²) in [4.78, 5) is 16.1. The van der Waals surface area contributed by atoms with Crippen molar-refractivity contribution in [2.24, 2.45) is 0 Å². The Labute approximate surface area is 298 Å². The van der Waals surface area contributed by atoms with Crippen LogP contribution in [0, 0.1) is 0 Å². The van der Waals surface area contributed by atoms with Gasteiger partial charge >= 0.3 is 162 Å². The van der Waals surface area contributed by atoms with E-state index in [1.165, 1.54) is 5.56 Å². The average molecular weight is 505 g/mol. The van der Waals surface area contributed by atoms with Crippen molar-refractivity contribution in [3.8, 4) is 0 Å². The van der Waals surface area contributed by atoms with Gasteiger partial charge in [-0.25, -0.2) is 0 Å². The molecule has 0 heterocycles. The molecule has 142 valence electrons. The fourth-order valence-electron chi connectivity index (χ4n) is 2.70. The van der Waals surface area contributed by atoms with E-state index in [0.29, 0.717) is 6.42 Å². The summed E-state index contributed by atoms with van der Waals surface area (Å²) in [6.45, 7) is 0. The maximum absolute atomic E-state index is 11.2. The van der Waals surface area contributed by atoms with Crippen LogP contribution in [0.15, 0.2) is 54.6 Å². The molecule has 0 aliphatic heterocycles. The fraction of sp³-hybridized carbons (Fsp3) is 0.294. The molecule has 0 radical (unpaired) electrons. The van der Waals surface area contributed by atoms with Crippen LogP contribution < -0.4 is 154 Å². The Bertz CT molecular complexity index is 872. The van der Waals surface area contributed by atoms with Crippen molar-refractivity contribution < 1.29 is 186 Å². The molecule has 0 bridgehead atoms. The van der Waals surface area contributed by atoms with Gasteiger partial charge in [-0.2, -0.15) is 8.42 Å². The topological polar surface area (TPSA) is 112 Å². The third kappa shape index (κ3) is 12.6. The van der Waals surface area contributed by atoms with Gasteiger partial charge in [0.25, 0.3) is 10.1 Å². The number of benzene rings is 2. The average Bonchev–Trinajstić information content (AvgIpc) is 2.50. The van der Waals surface area contributed by atoms with E-state index in [2.05, 4.69) is 0 Å². The molecule has 2 rings (SSSR count). The Hall–Kier alpha value is 3.41. The third-order valence-corrected chi connectivity index (χ3v) is 7.43. The van der Waals surface area contributed by atoms with E-state index < -0.39 is 22.7 Å². The maximum Gasteiger partial charge on any atom is 1.00 e. The van der Waals surface area contributed by atoms with Crippen molar-refractivity contribution in [1.29, 1.82) is 0 Å². The molecule has 0 amide bonds. The second-order valence-corrected chi connectivity index (χ2v) is 9.68. The van der Waals surface area contributed by atoms with Crippen LogP contribution in [0.25, 0.3) is 0 Å². The molecule has 0 aromatic heterocycles. The van der Waals surface area contributed by atoms with E-state index in [1.807, 2.05) is 54.6 Å². The minimum atomic E-state index is -4.91. The first-order valence-corrected chi connectivity index (χ1v) is 11.0. The second kappa shape index (κ2) is 16.1. The van der Waals surface area contributed by atoms with Gasteiger partial charge in [-0.1, -0.05) is 54.6 Å². The zero-order chi connectivity index (χ0) is 18.5. The van der Waals surface area contributed by atoms with Crippen molar-refractivity contribution in [3.05, 3.63) is 71.3 Å². The van der Waals surface area contributed by atoms with Gasteiger partial charge in [0.1, 0.15) is 0 Å². The number of hydrogen-bond acceptors (Lipinski definition) is 3. The quantitative estimate of drug-likeness (QED) is 0.188. The Morgan fingerprint density at radius 2 is 1.43 bits per heavy atom. The van der Waals surface area contributed by atoms with Crippen LogP contribution in [0.1, 0.15) is 33.8 Å². The molecule has 0 saturated heterocycles. The van der Waals surface area contributed by atoms with Crippen LogP contribution >= 0.6 is 7.60 Å². The Balaban J connectivity index is -0.000000376. The molecular formula is C17H24K3O6PS. The molecule has 1 unspecified atom stereocenters. The number of aryl methyl sites for hydroxylation is 1. The number of hydrogen-bond donors (Lipinski definition) is 3. The van der Waals surface area contributed by atoms with Crippen LogP contribution in [0.4, 0.5) is 0 Å². The van der Waals surface area contributed by atoms with Crippen LogP contribution in [0.3, 0.4) is 0 Å². The summed E-state index contributed by atoms with van der Waals surface area (Å²) in [5, 5.41) is 0. The standard InChI is InChI=1S/C17H21O6PS.3K.3H/c18-24(19,20)17(25(21,22)23)11-5-9-15-8-4-10-16(13-15)12-14-6-2-1-3-7-14;;;;;;/h1-4,6-8,10,13,17H,5,9,11-12H2,(H2,18,19,20)(H,21,22,23);;;;;;/q;3*+1;3*-1. The van der Waals surface area contributed by atoms with Gasteiger partial charge in [-0.3, -0.25) is 9.12 Å². The predicted molar refractivity (Wildman–Crippen MR) is 99.3 cm³/mol. The van der Waals surface area contributed by atoms with Gasteiger partial charge in [0.05, 0.1) is 0 Å². The summed E-state index contributed by atoms with van der Waals surface area (Å²) in [5.41, 5.74) is 3.23. The van der Waals surface area contributed by atoms with Gasteiger partial charge < -0.3 is 14.1 Å². The first-order chi connectivity index (χ1) is 11.7. The van der Waals surface area contributed by atoms with Gasteiger partial charge in [0, 0.05) is 0 Å². The summed E-state index contributed by atoms with van der Waals surface area (Å²) >= 11 is 0. The minimum absolute atomic E-state index is 0. The Morgan fingerprint density at radius 3 is 1.96 bits per heavy atom. The van der Waals surface area contributed by atoms with Crippen LogP contribution in [-0.2, 0) is 27.5 Å². The predicted octanol–water partition coefficient (Wildman–Crippen LogP) is -5.66. The summed E-state index contributed by atoms with van der Waals surface area (Å²) in [7, 11) is -9.70. The first-order valence-electron chi connectivity index (χ1n) is 7.79. The van der Waals surface area contributed by atoms with Crippen LogP contribution in [0.2, 0.25) is 0 Å². The van der Waals surface area contributed by atoms with Crippen molar-refractivity contribution in [2.45, 2.75) is 30.7 Å². The molecule has 2 aromatic rings.